The number of hydrogen-bond acceptors (Lipinski definition) is 5. The summed E-state index contributed by atoms with van der Waals surface area (Å²) in [6.07, 6.45) is 0.859. The van der Waals surface area contributed by atoms with Gasteiger partial charge in [-0.2, -0.15) is 4.80 Å². The van der Waals surface area contributed by atoms with Crippen molar-refractivity contribution < 1.29 is 9.90 Å². The van der Waals surface area contributed by atoms with E-state index >= 15 is 0 Å². The highest BCUT2D eigenvalue weighted by Gasteiger charge is 2.19. The molecule has 0 bridgehead atoms. The minimum absolute atomic E-state index is 0.0425. The van der Waals surface area contributed by atoms with Crippen LogP contribution in [0.4, 0.5) is 0 Å². The molecule has 1 aromatic rings. The topological polar surface area (TPSA) is 107 Å². The number of rotatable bonds is 4. The Morgan fingerprint density at radius 3 is 3.00 bits per heavy atom. The van der Waals surface area contributed by atoms with Gasteiger partial charge in [0.15, 0.2) is 6.04 Å². The Bertz CT molecular complexity index is 297. The molecule has 0 amide bonds. The molecule has 1 rings (SSSR count). The predicted molar refractivity (Wildman–Crippen MR) is 42.7 cm³/mol. The van der Waals surface area contributed by atoms with Gasteiger partial charge in [0.05, 0.1) is 6.54 Å². The summed E-state index contributed by atoms with van der Waals surface area (Å²) in [5.74, 6) is -1.11. The maximum absolute atomic E-state index is 10.4. The Hall–Kier alpha value is -1.50. The summed E-state index contributed by atoms with van der Waals surface area (Å²) >= 11 is 0. The fourth-order valence-corrected chi connectivity index (χ4v) is 0.785. The van der Waals surface area contributed by atoms with Crippen LogP contribution in [0.15, 0.2) is 0 Å². The molecule has 7 heteroatoms. The van der Waals surface area contributed by atoms with E-state index in [1.807, 2.05) is 6.92 Å². The maximum atomic E-state index is 10.4. The maximum Gasteiger partial charge on any atom is 0.328 e. The molecule has 72 valence electrons. The summed E-state index contributed by atoms with van der Waals surface area (Å²) in [4.78, 5) is 11.8. The largest absolute Gasteiger partial charge is 0.480 e. The summed E-state index contributed by atoms with van der Waals surface area (Å²) in [6.45, 7) is 2.57. The van der Waals surface area contributed by atoms with Gasteiger partial charge in [-0.25, -0.2) is 0 Å². The third kappa shape index (κ3) is 2.22. The van der Waals surface area contributed by atoms with Gasteiger partial charge in [-0.05, 0) is 11.6 Å². The van der Waals surface area contributed by atoms with Crippen LogP contribution in [-0.4, -0.2) is 31.3 Å². The molecule has 1 unspecified atom stereocenters. The number of aromatic nitrogens is 4. The lowest BCUT2D eigenvalue weighted by molar-refractivity contribution is -0.138. The number of hydrogen-bond donors (Lipinski definition) is 2. The van der Waals surface area contributed by atoms with Crippen molar-refractivity contribution in [2.75, 3.05) is 0 Å². The zero-order valence-corrected chi connectivity index (χ0v) is 7.21. The van der Waals surface area contributed by atoms with Crippen LogP contribution in [0.5, 0.6) is 0 Å². The van der Waals surface area contributed by atoms with E-state index in [4.69, 9.17) is 10.8 Å². The van der Waals surface area contributed by atoms with Crippen molar-refractivity contribution in [1.29, 1.82) is 0 Å². The molecule has 0 saturated heterocycles. The molecule has 0 aliphatic rings. The summed E-state index contributed by atoms with van der Waals surface area (Å²) in [5.41, 5.74) is 5.27. The van der Waals surface area contributed by atoms with Gasteiger partial charge in [-0.15, -0.1) is 10.2 Å². The van der Waals surface area contributed by atoms with Crippen LogP contribution >= 0.6 is 0 Å². The molecular formula is C6H11N5O2. The standard InChI is InChI=1S/C6H11N5O2/c1-2-3-11-9-5(8-10-11)4(7)6(12)13/h4H,2-3,7H2,1H3,(H,12,13). The first-order valence-corrected chi connectivity index (χ1v) is 3.91. The molecular weight excluding hydrogens is 174 g/mol. The highest BCUT2D eigenvalue weighted by Crippen LogP contribution is 2.01. The molecule has 1 atom stereocenters. The van der Waals surface area contributed by atoms with Crippen LogP contribution in [0, 0.1) is 0 Å². The Kier molecular flexibility index (Phi) is 2.91. The Labute approximate surface area is 74.5 Å². The van der Waals surface area contributed by atoms with Crippen LogP contribution in [0.2, 0.25) is 0 Å². The quantitative estimate of drug-likeness (QED) is 0.633. The van der Waals surface area contributed by atoms with Crippen molar-refractivity contribution in [3.8, 4) is 0 Å². The van der Waals surface area contributed by atoms with E-state index in [-0.39, 0.29) is 5.82 Å². The number of aryl methyl sites for hydroxylation is 1. The van der Waals surface area contributed by atoms with Crippen LogP contribution in [0.25, 0.3) is 0 Å². The van der Waals surface area contributed by atoms with Gasteiger partial charge in [0.1, 0.15) is 0 Å². The minimum Gasteiger partial charge on any atom is -0.480 e. The van der Waals surface area contributed by atoms with Crippen molar-refractivity contribution in [3.63, 3.8) is 0 Å². The third-order valence-electron chi connectivity index (χ3n) is 1.44. The van der Waals surface area contributed by atoms with Crippen LogP contribution in [0.3, 0.4) is 0 Å². The summed E-state index contributed by atoms with van der Waals surface area (Å²) < 4.78 is 0. The molecule has 7 nitrogen and oxygen atoms in total. The first kappa shape index (κ1) is 9.59. The van der Waals surface area contributed by atoms with Crippen LogP contribution in [-0.2, 0) is 11.3 Å². The van der Waals surface area contributed by atoms with Crippen LogP contribution in [0.1, 0.15) is 25.2 Å². The zero-order chi connectivity index (χ0) is 9.84. The molecule has 0 saturated carbocycles. The van der Waals surface area contributed by atoms with Gasteiger partial charge in [-0.3, -0.25) is 4.79 Å². The minimum atomic E-state index is -1.19. The number of tetrazole rings is 1. The summed E-state index contributed by atoms with van der Waals surface area (Å²) in [5, 5.41) is 19.5. The SMILES string of the molecule is CCCn1nnc(C(N)C(=O)O)n1. The van der Waals surface area contributed by atoms with Crippen LogP contribution < -0.4 is 5.73 Å². The molecule has 3 N–H and O–H groups in total. The lowest BCUT2D eigenvalue weighted by Crippen LogP contribution is -2.22. The van der Waals surface area contributed by atoms with Crippen molar-refractivity contribution in [2.24, 2.45) is 5.73 Å². The first-order valence-electron chi connectivity index (χ1n) is 3.91. The lowest BCUT2D eigenvalue weighted by atomic mass is 10.3. The molecule has 1 heterocycles. The van der Waals surface area contributed by atoms with Gasteiger partial charge in [-0.1, -0.05) is 6.92 Å². The Morgan fingerprint density at radius 2 is 2.46 bits per heavy atom. The van der Waals surface area contributed by atoms with Crippen molar-refractivity contribution in [3.05, 3.63) is 5.82 Å². The first-order chi connectivity index (χ1) is 6.15. The molecule has 0 spiro atoms. The fourth-order valence-electron chi connectivity index (χ4n) is 0.785. The molecule has 0 aromatic carbocycles. The number of carboxylic acids is 1. The molecule has 13 heavy (non-hydrogen) atoms. The highest BCUT2D eigenvalue weighted by molar-refractivity contribution is 5.73. The van der Waals surface area contributed by atoms with E-state index in [0.29, 0.717) is 6.54 Å². The second kappa shape index (κ2) is 3.94. The average molecular weight is 185 g/mol. The number of carbonyl (C=O) groups is 1. The smallest absolute Gasteiger partial charge is 0.328 e. The van der Waals surface area contributed by atoms with E-state index in [0.717, 1.165) is 6.42 Å². The van der Waals surface area contributed by atoms with Crippen molar-refractivity contribution in [2.45, 2.75) is 25.9 Å². The van der Waals surface area contributed by atoms with Gasteiger partial charge >= 0.3 is 5.97 Å². The van der Waals surface area contributed by atoms with Gasteiger partial charge in [0.25, 0.3) is 0 Å². The number of carboxylic acid groups (broad SMARTS) is 1. The van der Waals surface area contributed by atoms with E-state index in [1.165, 1.54) is 4.80 Å². The molecule has 0 radical (unpaired) electrons. The third-order valence-corrected chi connectivity index (χ3v) is 1.44. The van der Waals surface area contributed by atoms with E-state index in [2.05, 4.69) is 15.4 Å². The molecule has 0 aliphatic carbocycles. The second-order valence-electron chi connectivity index (χ2n) is 2.56. The predicted octanol–water partition coefficient (Wildman–Crippen LogP) is -0.832. The van der Waals surface area contributed by atoms with Gasteiger partial charge in [0.2, 0.25) is 5.82 Å². The summed E-state index contributed by atoms with van der Waals surface area (Å²) in [6, 6.07) is -1.19. The second-order valence-corrected chi connectivity index (χ2v) is 2.56. The van der Waals surface area contributed by atoms with E-state index in [9.17, 15) is 4.79 Å². The van der Waals surface area contributed by atoms with E-state index in [1.54, 1.807) is 0 Å². The monoisotopic (exact) mass is 185 g/mol. The van der Waals surface area contributed by atoms with Crippen molar-refractivity contribution >= 4 is 5.97 Å². The van der Waals surface area contributed by atoms with E-state index < -0.39 is 12.0 Å². The average Bonchev–Trinajstić information content (AvgIpc) is 2.52. The fraction of sp³-hybridized carbons (Fsp3) is 0.667. The normalized spacial score (nSPS) is 12.8. The highest BCUT2D eigenvalue weighted by atomic mass is 16.4. The molecule has 0 aliphatic heterocycles. The number of aliphatic carboxylic acids is 1. The zero-order valence-electron chi connectivity index (χ0n) is 7.21. The Balaban J connectivity index is 2.73. The van der Waals surface area contributed by atoms with Gasteiger partial charge < -0.3 is 10.8 Å². The lowest BCUT2D eigenvalue weighted by Gasteiger charge is -1.97. The number of nitrogens with zero attached hydrogens (tertiary/aromatic N) is 4. The van der Waals surface area contributed by atoms with Gasteiger partial charge in [0, 0.05) is 0 Å². The molecule has 1 aromatic heterocycles. The summed E-state index contributed by atoms with van der Waals surface area (Å²) in [7, 11) is 0. The Morgan fingerprint density at radius 1 is 1.77 bits per heavy atom. The molecule has 0 fully saturated rings. The number of nitrogens with two attached hydrogens (primary N) is 1. The van der Waals surface area contributed by atoms with Crippen molar-refractivity contribution in [1.82, 2.24) is 20.2 Å².